The van der Waals surface area contributed by atoms with E-state index in [9.17, 15) is 5.11 Å². The van der Waals surface area contributed by atoms with Crippen molar-refractivity contribution in [2.24, 2.45) is 0 Å². The van der Waals surface area contributed by atoms with Crippen molar-refractivity contribution in [1.29, 1.82) is 0 Å². The number of hydrogen-bond donors (Lipinski definition) is 2. The maximum atomic E-state index is 9.32. The quantitative estimate of drug-likeness (QED) is 0.851. The second-order valence-electron chi connectivity index (χ2n) is 5.29. The summed E-state index contributed by atoms with van der Waals surface area (Å²) in [6, 6.07) is 13.9. The third-order valence-electron chi connectivity index (χ3n) is 3.53. The fourth-order valence-corrected chi connectivity index (χ4v) is 2.38. The summed E-state index contributed by atoms with van der Waals surface area (Å²) in [5.41, 5.74) is 1.89. The van der Waals surface area contributed by atoms with Crippen LogP contribution in [0.5, 0.6) is 11.5 Å². The van der Waals surface area contributed by atoms with Gasteiger partial charge in [-0.05, 0) is 36.6 Å². The molecule has 2 aromatic rings. The molecule has 2 aromatic carbocycles. The van der Waals surface area contributed by atoms with Crippen molar-refractivity contribution in [1.82, 2.24) is 5.32 Å². The molecule has 0 bridgehead atoms. The molecule has 0 heterocycles. The highest BCUT2D eigenvalue weighted by molar-refractivity contribution is 6.32. The average Bonchev–Trinajstić information content (AvgIpc) is 3.32. The number of para-hydroxylation sites is 1. The molecule has 1 fully saturated rings. The highest BCUT2D eigenvalue weighted by Crippen LogP contribution is 2.32. The normalized spacial score (nSPS) is 14.2. The Hall–Kier alpha value is -1.55. The molecule has 0 spiro atoms. The Morgan fingerprint density at radius 1 is 1.14 bits per heavy atom. The van der Waals surface area contributed by atoms with E-state index in [1.165, 1.54) is 12.8 Å². The molecule has 1 saturated carbocycles. The second-order valence-corrected chi connectivity index (χ2v) is 5.70. The summed E-state index contributed by atoms with van der Waals surface area (Å²) in [5, 5.41) is 13.4. The summed E-state index contributed by atoms with van der Waals surface area (Å²) in [5.74, 6) is 1.23. The molecule has 0 unspecified atom stereocenters. The van der Waals surface area contributed by atoms with Crippen LogP contribution in [0.3, 0.4) is 0 Å². The van der Waals surface area contributed by atoms with Gasteiger partial charge in [0.15, 0.2) is 0 Å². The summed E-state index contributed by atoms with van der Waals surface area (Å²) in [4.78, 5) is 0. The summed E-state index contributed by atoms with van der Waals surface area (Å²) < 4.78 is 5.81. The SMILES string of the molecule is OCc1ccccc1Oc1ccc(CNC2CC2)cc1Cl. The van der Waals surface area contributed by atoms with Gasteiger partial charge in [-0.25, -0.2) is 0 Å². The fraction of sp³-hybridized carbons (Fsp3) is 0.294. The van der Waals surface area contributed by atoms with Gasteiger partial charge in [-0.2, -0.15) is 0 Å². The average molecular weight is 304 g/mol. The first-order chi connectivity index (χ1) is 10.3. The van der Waals surface area contributed by atoms with Crippen molar-refractivity contribution in [3.63, 3.8) is 0 Å². The lowest BCUT2D eigenvalue weighted by Crippen LogP contribution is -2.15. The van der Waals surface area contributed by atoms with Crippen LogP contribution in [0.1, 0.15) is 24.0 Å². The molecule has 3 nitrogen and oxygen atoms in total. The number of hydrogen-bond acceptors (Lipinski definition) is 3. The molecule has 1 aliphatic rings. The molecule has 21 heavy (non-hydrogen) atoms. The van der Waals surface area contributed by atoms with Gasteiger partial charge in [0.25, 0.3) is 0 Å². The summed E-state index contributed by atoms with van der Waals surface area (Å²) in [6.45, 7) is 0.773. The Morgan fingerprint density at radius 2 is 1.95 bits per heavy atom. The van der Waals surface area contributed by atoms with E-state index in [2.05, 4.69) is 5.32 Å². The van der Waals surface area contributed by atoms with Crippen LogP contribution in [-0.4, -0.2) is 11.1 Å². The van der Waals surface area contributed by atoms with Crippen LogP contribution in [0.2, 0.25) is 5.02 Å². The van der Waals surface area contributed by atoms with E-state index in [0.717, 1.165) is 17.7 Å². The smallest absolute Gasteiger partial charge is 0.146 e. The summed E-state index contributed by atoms with van der Waals surface area (Å²) in [6.07, 6.45) is 2.54. The van der Waals surface area contributed by atoms with Gasteiger partial charge < -0.3 is 15.2 Å². The molecule has 0 aliphatic heterocycles. The molecule has 0 aromatic heterocycles. The third kappa shape index (κ3) is 3.76. The Labute approximate surface area is 129 Å². The minimum absolute atomic E-state index is 0.0583. The van der Waals surface area contributed by atoms with Gasteiger partial charge in [0.05, 0.1) is 11.6 Å². The number of halogens is 1. The van der Waals surface area contributed by atoms with Crippen LogP contribution in [-0.2, 0) is 13.2 Å². The van der Waals surface area contributed by atoms with E-state index in [1.807, 2.05) is 42.5 Å². The van der Waals surface area contributed by atoms with Crippen molar-refractivity contribution in [2.45, 2.75) is 32.0 Å². The van der Waals surface area contributed by atoms with Gasteiger partial charge in [0.1, 0.15) is 11.5 Å². The molecular formula is C17H18ClNO2. The molecule has 2 N–H and O–H groups in total. The van der Waals surface area contributed by atoms with Crippen LogP contribution in [0.15, 0.2) is 42.5 Å². The van der Waals surface area contributed by atoms with E-state index in [4.69, 9.17) is 16.3 Å². The number of aliphatic hydroxyl groups is 1. The van der Waals surface area contributed by atoms with Crippen molar-refractivity contribution >= 4 is 11.6 Å². The standard InChI is InChI=1S/C17H18ClNO2/c18-15-9-12(10-19-14-6-7-14)5-8-17(15)21-16-4-2-1-3-13(16)11-20/h1-5,8-9,14,19-20H,6-7,10-11H2. The Morgan fingerprint density at radius 3 is 2.67 bits per heavy atom. The summed E-state index contributed by atoms with van der Waals surface area (Å²) >= 11 is 6.29. The monoisotopic (exact) mass is 303 g/mol. The number of benzene rings is 2. The molecule has 0 amide bonds. The van der Waals surface area contributed by atoms with E-state index in [1.54, 1.807) is 0 Å². The predicted molar refractivity (Wildman–Crippen MR) is 83.8 cm³/mol. The topological polar surface area (TPSA) is 41.5 Å². The highest BCUT2D eigenvalue weighted by Gasteiger charge is 2.20. The van der Waals surface area contributed by atoms with Gasteiger partial charge in [0.2, 0.25) is 0 Å². The van der Waals surface area contributed by atoms with E-state index >= 15 is 0 Å². The molecule has 3 rings (SSSR count). The van der Waals surface area contributed by atoms with Crippen LogP contribution in [0, 0.1) is 0 Å². The predicted octanol–water partition coefficient (Wildman–Crippen LogP) is 3.88. The number of nitrogens with one attached hydrogen (secondary N) is 1. The van der Waals surface area contributed by atoms with Gasteiger partial charge in [0, 0.05) is 18.2 Å². The van der Waals surface area contributed by atoms with Crippen molar-refractivity contribution in [2.75, 3.05) is 0 Å². The largest absolute Gasteiger partial charge is 0.455 e. The zero-order valence-corrected chi connectivity index (χ0v) is 12.4. The molecule has 0 saturated heterocycles. The zero-order chi connectivity index (χ0) is 14.7. The van der Waals surface area contributed by atoms with Gasteiger partial charge in [-0.1, -0.05) is 35.9 Å². The molecule has 110 valence electrons. The van der Waals surface area contributed by atoms with Gasteiger partial charge in [-0.3, -0.25) is 0 Å². The first-order valence-electron chi connectivity index (χ1n) is 7.14. The highest BCUT2D eigenvalue weighted by atomic mass is 35.5. The number of rotatable bonds is 6. The Balaban J connectivity index is 1.72. The lowest BCUT2D eigenvalue weighted by Gasteiger charge is -2.12. The van der Waals surface area contributed by atoms with E-state index < -0.39 is 0 Å². The number of aliphatic hydroxyl groups excluding tert-OH is 1. The van der Waals surface area contributed by atoms with E-state index in [0.29, 0.717) is 22.6 Å². The van der Waals surface area contributed by atoms with Crippen LogP contribution in [0.4, 0.5) is 0 Å². The molecule has 0 atom stereocenters. The molecule has 4 heteroatoms. The molecule has 0 radical (unpaired) electrons. The second kappa shape index (κ2) is 6.48. The van der Waals surface area contributed by atoms with Crippen molar-refractivity contribution in [3.05, 3.63) is 58.6 Å². The third-order valence-corrected chi connectivity index (χ3v) is 3.83. The van der Waals surface area contributed by atoms with Crippen molar-refractivity contribution in [3.8, 4) is 11.5 Å². The Kier molecular flexibility index (Phi) is 4.44. The zero-order valence-electron chi connectivity index (χ0n) is 11.7. The Bertz CT molecular complexity index is 626. The minimum atomic E-state index is -0.0583. The maximum absolute atomic E-state index is 9.32. The number of ether oxygens (including phenoxy) is 1. The van der Waals surface area contributed by atoms with Crippen LogP contribution >= 0.6 is 11.6 Å². The summed E-state index contributed by atoms with van der Waals surface area (Å²) in [7, 11) is 0. The maximum Gasteiger partial charge on any atom is 0.146 e. The molecular weight excluding hydrogens is 286 g/mol. The van der Waals surface area contributed by atoms with Crippen molar-refractivity contribution < 1.29 is 9.84 Å². The lowest BCUT2D eigenvalue weighted by molar-refractivity contribution is 0.276. The fourth-order valence-electron chi connectivity index (χ4n) is 2.14. The van der Waals surface area contributed by atoms with E-state index in [-0.39, 0.29) is 6.61 Å². The first-order valence-corrected chi connectivity index (χ1v) is 7.52. The minimum Gasteiger partial charge on any atom is -0.455 e. The first kappa shape index (κ1) is 14.4. The molecule has 1 aliphatic carbocycles. The van der Waals surface area contributed by atoms with Gasteiger partial charge in [-0.15, -0.1) is 0 Å². The van der Waals surface area contributed by atoms with Crippen LogP contribution < -0.4 is 10.1 Å². The van der Waals surface area contributed by atoms with Crippen LogP contribution in [0.25, 0.3) is 0 Å². The van der Waals surface area contributed by atoms with Gasteiger partial charge >= 0.3 is 0 Å². The lowest BCUT2D eigenvalue weighted by atomic mass is 10.2.